The van der Waals surface area contributed by atoms with E-state index in [-0.39, 0.29) is 5.56 Å². The van der Waals surface area contributed by atoms with Crippen molar-refractivity contribution in [2.75, 3.05) is 12.4 Å². The second-order valence-electron chi connectivity index (χ2n) is 6.25. The first kappa shape index (κ1) is 20.8. The molecular formula is C22H19Cl2NO4. The van der Waals surface area contributed by atoms with Crippen LogP contribution < -0.4 is 14.8 Å². The first-order chi connectivity index (χ1) is 14.0. The van der Waals surface area contributed by atoms with Crippen LogP contribution >= 0.6 is 23.2 Å². The number of anilines is 1. The molecule has 150 valence electrons. The normalized spacial score (nSPS) is 10.4. The van der Waals surface area contributed by atoms with Crippen LogP contribution in [0.1, 0.15) is 21.5 Å². The van der Waals surface area contributed by atoms with E-state index in [1.807, 2.05) is 24.3 Å². The predicted octanol–water partition coefficient (Wildman–Crippen LogP) is 5.89. The van der Waals surface area contributed by atoms with E-state index in [2.05, 4.69) is 5.32 Å². The number of carboxylic acid groups (broad SMARTS) is 1. The molecule has 0 radical (unpaired) electrons. The fourth-order valence-corrected chi connectivity index (χ4v) is 3.13. The first-order valence-corrected chi connectivity index (χ1v) is 9.52. The van der Waals surface area contributed by atoms with Crippen LogP contribution in [0.2, 0.25) is 10.0 Å². The van der Waals surface area contributed by atoms with Gasteiger partial charge in [-0.05, 0) is 54.1 Å². The zero-order chi connectivity index (χ0) is 20.8. The third-order valence-corrected chi connectivity index (χ3v) is 4.84. The molecule has 0 saturated carbocycles. The summed E-state index contributed by atoms with van der Waals surface area (Å²) in [5, 5.41) is 13.3. The van der Waals surface area contributed by atoms with Gasteiger partial charge >= 0.3 is 5.97 Å². The van der Waals surface area contributed by atoms with E-state index in [0.717, 1.165) is 16.8 Å². The smallest absolute Gasteiger partial charge is 0.335 e. The average molecular weight is 432 g/mol. The summed E-state index contributed by atoms with van der Waals surface area (Å²) >= 11 is 12.1. The van der Waals surface area contributed by atoms with Crippen molar-refractivity contribution in [2.45, 2.75) is 13.2 Å². The van der Waals surface area contributed by atoms with Crippen molar-refractivity contribution in [3.8, 4) is 11.5 Å². The monoisotopic (exact) mass is 431 g/mol. The Hall–Kier alpha value is -2.89. The van der Waals surface area contributed by atoms with E-state index in [0.29, 0.717) is 34.7 Å². The van der Waals surface area contributed by atoms with Gasteiger partial charge in [-0.1, -0.05) is 35.3 Å². The summed E-state index contributed by atoms with van der Waals surface area (Å²) in [7, 11) is 1.58. The third kappa shape index (κ3) is 5.56. The zero-order valence-electron chi connectivity index (χ0n) is 15.6. The van der Waals surface area contributed by atoms with E-state index in [1.54, 1.807) is 43.5 Å². The lowest BCUT2D eigenvalue weighted by Gasteiger charge is -2.14. The number of carboxylic acids is 1. The summed E-state index contributed by atoms with van der Waals surface area (Å²) in [6, 6.07) is 17.5. The molecule has 0 aliphatic heterocycles. The second-order valence-corrected chi connectivity index (χ2v) is 7.09. The molecule has 0 aliphatic rings. The van der Waals surface area contributed by atoms with E-state index in [1.165, 1.54) is 0 Å². The zero-order valence-corrected chi connectivity index (χ0v) is 17.1. The van der Waals surface area contributed by atoms with E-state index in [4.69, 9.17) is 37.8 Å². The Kier molecular flexibility index (Phi) is 6.86. The number of nitrogens with one attached hydrogen (secondary N) is 1. The molecule has 0 spiro atoms. The molecule has 0 aliphatic carbocycles. The Balaban J connectivity index is 1.64. The Morgan fingerprint density at radius 3 is 2.41 bits per heavy atom. The number of benzene rings is 3. The summed E-state index contributed by atoms with van der Waals surface area (Å²) < 4.78 is 11.3. The van der Waals surface area contributed by atoms with Gasteiger partial charge < -0.3 is 19.9 Å². The number of halogens is 2. The van der Waals surface area contributed by atoms with Gasteiger partial charge in [-0.25, -0.2) is 4.79 Å². The predicted molar refractivity (Wildman–Crippen MR) is 115 cm³/mol. The van der Waals surface area contributed by atoms with Crippen LogP contribution in [0.3, 0.4) is 0 Å². The van der Waals surface area contributed by atoms with E-state index in [9.17, 15) is 4.79 Å². The van der Waals surface area contributed by atoms with Gasteiger partial charge in [-0.15, -0.1) is 0 Å². The van der Waals surface area contributed by atoms with Crippen molar-refractivity contribution in [3.63, 3.8) is 0 Å². The topological polar surface area (TPSA) is 67.8 Å². The minimum atomic E-state index is -0.947. The SMILES string of the molecule is COc1cc(CNc2ccc(C(=O)O)cc2)ccc1OCc1ccc(Cl)cc1Cl. The molecule has 0 bridgehead atoms. The van der Waals surface area contributed by atoms with Crippen molar-refractivity contribution >= 4 is 34.9 Å². The molecule has 5 nitrogen and oxygen atoms in total. The molecule has 0 fully saturated rings. The lowest BCUT2D eigenvalue weighted by molar-refractivity contribution is 0.0697. The number of carbonyl (C=O) groups is 1. The van der Waals surface area contributed by atoms with Crippen LogP contribution in [-0.2, 0) is 13.2 Å². The van der Waals surface area contributed by atoms with Crippen LogP contribution in [0, 0.1) is 0 Å². The molecule has 0 atom stereocenters. The minimum absolute atomic E-state index is 0.250. The Labute approximate surface area is 178 Å². The highest BCUT2D eigenvalue weighted by Crippen LogP contribution is 2.30. The lowest BCUT2D eigenvalue weighted by atomic mass is 10.1. The molecule has 29 heavy (non-hydrogen) atoms. The lowest BCUT2D eigenvalue weighted by Crippen LogP contribution is -2.02. The van der Waals surface area contributed by atoms with E-state index < -0.39 is 5.97 Å². The minimum Gasteiger partial charge on any atom is -0.493 e. The molecule has 0 unspecified atom stereocenters. The molecular weight excluding hydrogens is 413 g/mol. The van der Waals surface area contributed by atoms with Gasteiger partial charge in [0.1, 0.15) is 6.61 Å². The molecule has 3 aromatic carbocycles. The number of methoxy groups -OCH3 is 1. The fourth-order valence-electron chi connectivity index (χ4n) is 2.67. The Morgan fingerprint density at radius 1 is 1.00 bits per heavy atom. The van der Waals surface area contributed by atoms with Gasteiger partial charge in [-0.3, -0.25) is 0 Å². The quantitative estimate of drug-likeness (QED) is 0.465. The van der Waals surface area contributed by atoms with Crippen LogP contribution in [0.5, 0.6) is 11.5 Å². The number of ether oxygens (including phenoxy) is 2. The van der Waals surface area contributed by atoms with Gasteiger partial charge in [0, 0.05) is 27.8 Å². The molecule has 0 saturated heterocycles. The van der Waals surface area contributed by atoms with Gasteiger partial charge in [0.15, 0.2) is 11.5 Å². The van der Waals surface area contributed by atoms with Crippen LogP contribution in [0.25, 0.3) is 0 Å². The molecule has 2 N–H and O–H groups in total. The maximum atomic E-state index is 10.9. The number of rotatable bonds is 8. The van der Waals surface area contributed by atoms with Crippen LogP contribution in [0.15, 0.2) is 60.7 Å². The molecule has 0 amide bonds. The highest BCUT2D eigenvalue weighted by Gasteiger charge is 2.09. The summed E-state index contributed by atoms with van der Waals surface area (Å²) in [6.45, 7) is 0.839. The molecule has 3 rings (SSSR count). The maximum Gasteiger partial charge on any atom is 0.335 e. The second kappa shape index (κ2) is 9.54. The van der Waals surface area contributed by atoms with Gasteiger partial charge in [0.05, 0.1) is 12.7 Å². The fraction of sp³-hybridized carbons (Fsp3) is 0.136. The number of hydrogen-bond acceptors (Lipinski definition) is 4. The molecule has 7 heteroatoms. The maximum absolute atomic E-state index is 10.9. The molecule has 3 aromatic rings. The van der Waals surface area contributed by atoms with Crippen molar-refractivity contribution in [3.05, 3.63) is 87.4 Å². The summed E-state index contributed by atoms with van der Waals surface area (Å²) in [5.74, 6) is 0.264. The van der Waals surface area contributed by atoms with Gasteiger partial charge in [0.25, 0.3) is 0 Å². The Bertz CT molecular complexity index is 1010. The van der Waals surface area contributed by atoms with Crippen molar-refractivity contribution in [2.24, 2.45) is 0 Å². The van der Waals surface area contributed by atoms with Crippen LogP contribution in [-0.4, -0.2) is 18.2 Å². The summed E-state index contributed by atoms with van der Waals surface area (Å²) in [6.07, 6.45) is 0. The van der Waals surface area contributed by atoms with E-state index >= 15 is 0 Å². The first-order valence-electron chi connectivity index (χ1n) is 8.77. The van der Waals surface area contributed by atoms with Gasteiger partial charge in [0.2, 0.25) is 0 Å². The van der Waals surface area contributed by atoms with Crippen LogP contribution in [0.4, 0.5) is 5.69 Å². The van der Waals surface area contributed by atoms with Crippen molar-refractivity contribution < 1.29 is 19.4 Å². The van der Waals surface area contributed by atoms with Crippen molar-refractivity contribution in [1.29, 1.82) is 0 Å². The summed E-state index contributed by atoms with van der Waals surface area (Å²) in [4.78, 5) is 10.9. The summed E-state index contributed by atoms with van der Waals surface area (Å²) in [5.41, 5.74) is 2.89. The highest BCUT2D eigenvalue weighted by molar-refractivity contribution is 6.35. The third-order valence-electron chi connectivity index (χ3n) is 4.25. The number of hydrogen-bond donors (Lipinski definition) is 2. The Morgan fingerprint density at radius 2 is 1.76 bits per heavy atom. The standard InChI is InChI=1S/C22H19Cl2NO4/c1-28-21-10-14(12-25-18-7-4-15(5-8-18)22(26)27)2-9-20(21)29-13-16-3-6-17(23)11-19(16)24/h2-11,25H,12-13H2,1H3,(H,26,27). The van der Waals surface area contributed by atoms with Gasteiger partial charge in [-0.2, -0.15) is 0 Å². The molecule has 0 heterocycles. The average Bonchev–Trinajstić information content (AvgIpc) is 2.72. The van der Waals surface area contributed by atoms with Crippen molar-refractivity contribution in [1.82, 2.24) is 0 Å². The number of aromatic carboxylic acids is 1. The highest BCUT2D eigenvalue weighted by atomic mass is 35.5. The largest absolute Gasteiger partial charge is 0.493 e. The molecule has 0 aromatic heterocycles.